The number of hydrogen-bond acceptors (Lipinski definition) is 4. The minimum absolute atomic E-state index is 0.0406. The number of amides is 1. The molecule has 122 valence electrons. The number of nitrogens with one attached hydrogen (secondary N) is 1. The number of rotatable bonds is 4. The Labute approximate surface area is 125 Å². The second kappa shape index (κ2) is 5.57. The third-order valence-corrected chi connectivity index (χ3v) is 4.15. The van der Waals surface area contributed by atoms with Crippen LogP contribution in [0.2, 0.25) is 0 Å². The molecule has 1 saturated heterocycles. The summed E-state index contributed by atoms with van der Waals surface area (Å²) in [6, 6.07) is 1.32. The fourth-order valence-corrected chi connectivity index (χ4v) is 2.84. The Kier molecular flexibility index (Phi) is 3.88. The molecule has 0 unspecified atom stereocenters. The van der Waals surface area contributed by atoms with E-state index in [1.165, 1.54) is 4.90 Å². The van der Waals surface area contributed by atoms with E-state index in [1.54, 1.807) is 6.07 Å². The molecule has 2 fully saturated rings. The molecule has 22 heavy (non-hydrogen) atoms. The fourth-order valence-electron chi connectivity index (χ4n) is 2.84. The Balaban J connectivity index is 1.56. The minimum atomic E-state index is -4.22. The highest BCUT2D eigenvalue weighted by Crippen LogP contribution is 2.40. The van der Waals surface area contributed by atoms with Crippen molar-refractivity contribution < 1.29 is 22.5 Å². The quantitative estimate of drug-likeness (QED) is 0.924. The zero-order chi connectivity index (χ0) is 15.9. The summed E-state index contributed by atoms with van der Waals surface area (Å²) in [5.74, 6) is 0.646. The smallest absolute Gasteiger partial charge is 0.360 e. The van der Waals surface area contributed by atoms with Gasteiger partial charge in [0.25, 0.3) is 5.91 Å². The highest BCUT2D eigenvalue weighted by Gasteiger charge is 2.38. The van der Waals surface area contributed by atoms with Crippen molar-refractivity contribution in [2.75, 3.05) is 19.6 Å². The maximum absolute atomic E-state index is 12.4. The topological polar surface area (TPSA) is 58.4 Å². The van der Waals surface area contributed by atoms with E-state index in [0.717, 1.165) is 12.8 Å². The largest absolute Gasteiger partial charge is 0.401 e. The molecule has 0 aromatic carbocycles. The van der Waals surface area contributed by atoms with E-state index in [2.05, 4.69) is 10.5 Å². The van der Waals surface area contributed by atoms with Gasteiger partial charge in [-0.25, -0.2) is 0 Å². The number of nitrogens with zero attached hydrogens (tertiary/aromatic N) is 2. The first-order valence-corrected chi connectivity index (χ1v) is 7.38. The van der Waals surface area contributed by atoms with Crippen LogP contribution in [-0.2, 0) is 0 Å². The molecule has 1 amide bonds. The molecule has 8 heteroatoms. The highest BCUT2D eigenvalue weighted by atomic mass is 19.4. The molecule has 0 bridgehead atoms. The van der Waals surface area contributed by atoms with Crippen molar-refractivity contribution in [2.45, 2.75) is 37.9 Å². The second-order valence-electron chi connectivity index (χ2n) is 6.26. The van der Waals surface area contributed by atoms with Gasteiger partial charge in [-0.1, -0.05) is 12.1 Å². The maximum Gasteiger partial charge on any atom is 0.401 e. The molecule has 2 heterocycles. The molecule has 5 nitrogen and oxygen atoms in total. The van der Waals surface area contributed by atoms with E-state index in [-0.39, 0.29) is 30.1 Å². The molecular formula is C14H18F3N3O2. The number of aromatic nitrogens is 1. The van der Waals surface area contributed by atoms with Crippen molar-refractivity contribution in [1.82, 2.24) is 15.4 Å². The summed E-state index contributed by atoms with van der Waals surface area (Å²) in [5, 5.41) is 6.51. The normalized spacial score (nSPS) is 26.4. The van der Waals surface area contributed by atoms with Gasteiger partial charge in [0, 0.05) is 31.1 Å². The lowest BCUT2D eigenvalue weighted by Gasteiger charge is -2.18. The highest BCUT2D eigenvalue weighted by molar-refractivity contribution is 5.92. The Morgan fingerprint density at radius 2 is 2.18 bits per heavy atom. The molecule has 1 aliphatic carbocycles. The van der Waals surface area contributed by atoms with Gasteiger partial charge in [-0.15, -0.1) is 0 Å². The summed E-state index contributed by atoms with van der Waals surface area (Å²) in [5.41, 5.74) is 0.198. The van der Waals surface area contributed by atoms with Crippen LogP contribution in [0.3, 0.4) is 0 Å². The van der Waals surface area contributed by atoms with Crippen LogP contribution in [-0.4, -0.2) is 47.8 Å². The average Bonchev–Trinajstić information content (AvgIpc) is 3.03. The molecule has 1 aliphatic heterocycles. The lowest BCUT2D eigenvalue weighted by molar-refractivity contribution is -0.143. The molecular weight excluding hydrogens is 299 g/mol. The van der Waals surface area contributed by atoms with Gasteiger partial charge in [0.15, 0.2) is 5.69 Å². The molecule has 2 atom stereocenters. The second-order valence-corrected chi connectivity index (χ2v) is 6.26. The van der Waals surface area contributed by atoms with Crippen LogP contribution >= 0.6 is 0 Å². The van der Waals surface area contributed by atoms with E-state index in [1.807, 2.05) is 6.92 Å². The van der Waals surface area contributed by atoms with Crippen LogP contribution in [0.15, 0.2) is 10.6 Å². The van der Waals surface area contributed by atoms with Gasteiger partial charge in [0.05, 0.1) is 6.54 Å². The summed E-state index contributed by atoms with van der Waals surface area (Å²) in [6.07, 6.45) is -2.13. The number of carbonyl (C=O) groups excluding carboxylic acids is 1. The van der Waals surface area contributed by atoms with Crippen molar-refractivity contribution in [3.63, 3.8) is 0 Å². The molecule has 3 rings (SSSR count). The summed E-state index contributed by atoms with van der Waals surface area (Å²) < 4.78 is 42.4. The Bertz CT molecular complexity index is 554. The first-order chi connectivity index (χ1) is 10.3. The zero-order valence-electron chi connectivity index (χ0n) is 12.2. The van der Waals surface area contributed by atoms with E-state index < -0.39 is 12.7 Å². The molecule has 1 N–H and O–H groups in total. The lowest BCUT2D eigenvalue weighted by atomic mass is 10.1. The predicted octanol–water partition coefficient (Wildman–Crippen LogP) is 2.16. The van der Waals surface area contributed by atoms with Crippen LogP contribution in [0.4, 0.5) is 13.2 Å². The van der Waals surface area contributed by atoms with E-state index in [9.17, 15) is 18.0 Å². The molecule has 1 saturated carbocycles. The minimum Gasteiger partial charge on any atom is -0.360 e. The SMILES string of the molecule is C[C@@H]1CN(CC(F)(F)F)C[C@H]1NC(=O)c1cc(C2CC2)on1. The fraction of sp³-hybridized carbons (Fsp3) is 0.714. The summed E-state index contributed by atoms with van der Waals surface area (Å²) >= 11 is 0. The molecule has 1 aromatic heterocycles. The van der Waals surface area contributed by atoms with Crippen LogP contribution in [0.1, 0.15) is 41.9 Å². The monoisotopic (exact) mass is 317 g/mol. The molecule has 0 spiro atoms. The summed E-state index contributed by atoms with van der Waals surface area (Å²) in [7, 11) is 0. The number of hydrogen-bond donors (Lipinski definition) is 1. The summed E-state index contributed by atoms with van der Waals surface area (Å²) in [6.45, 7) is 1.40. The van der Waals surface area contributed by atoms with E-state index in [4.69, 9.17) is 4.52 Å². The van der Waals surface area contributed by atoms with Crippen LogP contribution in [0.25, 0.3) is 0 Å². The van der Waals surface area contributed by atoms with Crippen molar-refractivity contribution in [3.8, 4) is 0 Å². The number of carbonyl (C=O) groups is 1. The predicted molar refractivity (Wildman–Crippen MR) is 71.4 cm³/mol. The lowest BCUT2D eigenvalue weighted by Crippen LogP contribution is -2.41. The van der Waals surface area contributed by atoms with Crippen molar-refractivity contribution in [2.24, 2.45) is 5.92 Å². The average molecular weight is 317 g/mol. The first-order valence-electron chi connectivity index (χ1n) is 7.38. The molecule has 1 aromatic rings. The van der Waals surface area contributed by atoms with Gasteiger partial charge in [-0.3, -0.25) is 9.69 Å². The Morgan fingerprint density at radius 3 is 2.82 bits per heavy atom. The Hall–Kier alpha value is -1.57. The van der Waals surface area contributed by atoms with Gasteiger partial charge in [0.1, 0.15) is 5.76 Å². The standard InChI is InChI=1S/C14H18F3N3O2/c1-8-5-20(7-14(15,16)17)6-11(8)18-13(21)10-4-12(22-19-10)9-2-3-9/h4,8-9,11H,2-3,5-7H2,1H3,(H,18,21)/t8-,11-/m1/s1. The van der Waals surface area contributed by atoms with Gasteiger partial charge in [-0.05, 0) is 18.8 Å². The Morgan fingerprint density at radius 1 is 1.45 bits per heavy atom. The third kappa shape index (κ3) is 3.60. The summed E-state index contributed by atoms with van der Waals surface area (Å²) in [4.78, 5) is 13.4. The number of halogens is 3. The van der Waals surface area contributed by atoms with E-state index >= 15 is 0 Å². The first kappa shape index (κ1) is 15.3. The van der Waals surface area contributed by atoms with Gasteiger partial charge in [0.2, 0.25) is 0 Å². The van der Waals surface area contributed by atoms with Gasteiger partial charge < -0.3 is 9.84 Å². The van der Waals surface area contributed by atoms with Crippen LogP contribution in [0.5, 0.6) is 0 Å². The van der Waals surface area contributed by atoms with Crippen molar-refractivity contribution >= 4 is 5.91 Å². The maximum atomic E-state index is 12.4. The van der Waals surface area contributed by atoms with E-state index in [0.29, 0.717) is 18.2 Å². The van der Waals surface area contributed by atoms with Gasteiger partial charge in [-0.2, -0.15) is 13.2 Å². The van der Waals surface area contributed by atoms with Crippen LogP contribution in [0, 0.1) is 5.92 Å². The number of alkyl halides is 3. The van der Waals surface area contributed by atoms with Crippen molar-refractivity contribution in [3.05, 3.63) is 17.5 Å². The number of likely N-dealkylation sites (tertiary alicyclic amines) is 1. The van der Waals surface area contributed by atoms with Crippen LogP contribution < -0.4 is 5.32 Å². The third-order valence-electron chi connectivity index (χ3n) is 4.15. The van der Waals surface area contributed by atoms with Gasteiger partial charge >= 0.3 is 6.18 Å². The zero-order valence-corrected chi connectivity index (χ0v) is 12.2. The van der Waals surface area contributed by atoms with Crippen molar-refractivity contribution in [1.29, 1.82) is 0 Å². The molecule has 2 aliphatic rings. The molecule has 0 radical (unpaired) electrons.